The molecule has 150 valence electrons. The summed E-state index contributed by atoms with van der Waals surface area (Å²) in [5.74, 6) is 0.139. The summed E-state index contributed by atoms with van der Waals surface area (Å²) in [5.41, 5.74) is 2.44. The summed E-state index contributed by atoms with van der Waals surface area (Å²) in [6, 6.07) is 8.55. The van der Waals surface area contributed by atoms with Gasteiger partial charge in [-0.2, -0.15) is 0 Å². The molecule has 1 saturated heterocycles. The highest BCUT2D eigenvalue weighted by Gasteiger charge is 2.40. The van der Waals surface area contributed by atoms with Crippen LogP contribution < -0.4 is 5.32 Å². The number of hydrogen-bond donors (Lipinski definition) is 1. The van der Waals surface area contributed by atoms with Crippen LogP contribution in [0.5, 0.6) is 0 Å². The van der Waals surface area contributed by atoms with Crippen LogP contribution in [0.1, 0.15) is 61.5 Å². The third-order valence-corrected chi connectivity index (χ3v) is 6.64. The second kappa shape index (κ2) is 7.26. The average molecular weight is 382 g/mol. The quantitative estimate of drug-likeness (QED) is 0.879. The van der Waals surface area contributed by atoms with Gasteiger partial charge in [-0.25, -0.2) is 0 Å². The van der Waals surface area contributed by atoms with Crippen molar-refractivity contribution in [3.05, 3.63) is 35.5 Å². The zero-order chi connectivity index (χ0) is 19.9. The van der Waals surface area contributed by atoms with Crippen LogP contribution in [0.15, 0.2) is 24.3 Å². The van der Waals surface area contributed by atoms with E-state index in [0.29, 0.717) is 24.8 Å². The molecule has 1 aliphatic heterocycles. The van der Waals surface area contributed by atoms with Crippen LogP contribution in [0.3, 0.4) is 0 Å². The van der Waals surface area contributed by atoms with Crippen molar-refractivity contribution >= 4 is 22.7 Å². The Kier molecular flexibility index (Phi) is 4.94. The predicted molar refractivity (Wildman–Crippen MR) is 111 cm³/mol. The minimum absolute atomic E-state index is 0.0240. The summed E-state index contributed by atoms with van der Waals surface area (Å²) in [4.78, 5) is 28.1. The second-order valence-corrected chi connectivity index (χ2v) is 9.00. The summed E-state index contributed by atoms with van der Waals surface area (Å²) < 4.78 is 1.97. The standard InChI is InChI=1S/C23H31N3O2/c1-16-9-10-19-17(13-16)14-20(25(19)3)21(27)26-12-6-11-23(2,15-26)22(28)24-18-7-4-5-8-18/h9-10,13-14,18H,4-8,11-12,15H2,1-3H3,(H,24,28)/t23-/m0/s1. The fourth-order valence-corrected chi connectivity index (χ4v) is 4.86. The van der Waals surface area contributed by atoms with Crippen LogP contribution in [0, 0.1) is 12.3 Å². The fourth-order valence-electron chi connectivity index (χ4n) is 4.86. The van der Waals surface area contributed by atoms with Gasteiger partial charge in [0.2, 0.25) is 5.91 Å². The Hall–Kier alpha value is -2.30. The molecule has 1 N–H and O–H groups in total. The Morgan fingerprint density at radius 2 is 1.89 bits per heavy atom. The van der Waals surface area contributed by atoms with Crippen molar-refractivity contribution in [1.82, 2.24) is 14.8 Å². The van der Waals surface area contributed by atoms with Crippen molar-refractivity contribution in [3.63, 3.8) is 0 Å². The van der Waals surface area contributed by atoms with Crippen molar-refractivity contribution in [2.75, 3.05) is 13.1 Å². The Balaban J connectivity index is 1.53. The zero-order valence-electron chi connectivity index (χ0n) is 17.3. The van der Waals surface area contributed by atoms with Gasteiger partial charge in [-0.1, -0.05) is 24.5 Å². The van der Waals surface area contributed by atoms with E-state index >= 15 is 0 Å². The van der Waals surface area contributed by atoms with Crippen molar-refractivity contribution in [2.45, 2.75) is 58.4 Å². The zero-order valence-corrected chi connectivity index (χ0v) is 17.3. The number of likely N-dealkylation sites (tertiary alicyclic amines) is 1. The van der Waals surface area contributed by atoms with Gasteiger partial charge >= 0.3 is 0 Å². The van der Waals surface area contributed by atoms with E-state index in [4.69, 9.17) is 0 Å². The van der Waals surface area contributed by atoms with E-state index < -0.39 is 5.41 Å². The van der Waals surface area contributed by atoms with Gasteiger partial charge in [0.15, 0.2) is 0 Å². The van der Waals surface area contributed by atoms with Crippen molar-refractivity contribution in [2.24, 2.45) is 12.5 Å². The molecule has 4 rings (SSSR count). The van der Waals surface area contributed by atoms with E-state index in [9.17, 15) is 9.59 Å². The molecule has 2 heterocycles. The summed E-state index contributed by atoms with van der Waals surface area (Å²) in [6.07, 6.45) is 6.27. The van der Waals surface area contributed by atoms with Gasteiger partial charge in [0.05, 0.1) is 5.41 Å². The van der Waals surface area contributed by atoms with Gasteiger partial charge in [0.1, 0.15) is 5.69 Å². The molecule has 1 atom stereocenters. The normalized spacial score (nSPS) is 23.3. The van der Waals surface area contributed by atoms with Crippen LogP contribution in [-0.2, 0) is 11.8 Å². The maximum atomic E-state index is 13.3. The maximum absolute atomic E-state index is 13.3. The molecule has 2 amide bonds. The number of fused-ring (bicyclic) bond motifs is 1. The molecule has 0 radical (unpaired) electrons. The van der Waals surface area contributed by atoms with E-state index in [2.05, 4.69) is 30.4 Å². The number of aromatic nitrogens is 1. The highest BCUT2D eigenvalue weighted by atomic mass is 16.2. The van der Waals surface area contributed by atoms with Crippen LogP contribution in [0.25, 0.3) is 10.9 Å². The summed E-state index contributed by atoms with van der Waals surface area (Å²) in [5, 5.41) is 4.33. The third kappa shape index (κ3) is 3.43. The minimum Gasteiger partial charge on any atom is -0.353 e. The highest BCUT2D eigenvalue weighted by Crippen LogP contribution is 2.32. The molecule has 0 spiro atoms. The van der Waals surface area contributed by atoms with Gasteiger partial charge < -0.3 is 14.8 Å². The average Bonchev–Trinajstić information content (AvgIpc) is 3.29. The molecule has 1 aromatic carbocycles. The SMILES string of the molecule is Cc1ccc2c(c1)cc(C(=O)N1CCC[C@](C)(C(=O)NC3CCCC3)C1)n2C. The highest BCUT2D eigenvalue weighted by molar-refractivity contribution is 5.99. The number of amides is 2. The van der Waals surface area contributed by atoms with Gasteiger partial charge in [0.25, 0.3) is 5.91 Å². The lowest BCUT2D eigenvalue weighted by Gasteiger charge is -2.39. The molecule has 2 aliphatic rings. The van der Waals surface area contributed by atoms with Crippen LogP contribution >= 0.6 is 0 Å². The fraction of sp³-hybridized carbons (Fsp3) is 0.565. The number of nitrogens with one attached hydrogen (secondary N) is 1. The predicted octanol–water partition coefficient (Wildman–Crippen LogP) is 3.79. The van der Waals surface area contributed by atoms with Crippen LogP contribution in [-0.4, -0.2) is 40.4 Å². The topological polar surface area (TPSA) is 54.3 Å². The Labute approximate surface area is 167 Å². The number of carbonyl (C=O) groups excluding carboxylic acids is 2. The van der Waals surface area contributed by atoms with E-state index in [1.807, 2.05) is 29.5 Å². The smallest absolute Gasteiger partial charge is 0.270 e. The number of nitrogens with zero attached hydrogens (tertiary/aromatic N) is 2. The molecule has 5 heteroatoms. The summed E-state index contributed by atoms with van der Waals surface area (Å²) in [7, 11) is 1.95. The lowest BCUT2D eigenvalue weighted by molar-refractivity contribution is -0.133. The minimum atomic E-state index is -0.502. The van der Waals surface area contributed by atoms with Crippen molar-refractivity contribution < 1.29 is 9.59 Å². The van der Waals surface area contributed by atoms with E-state index in [1.165, 1.54) is 18.4 Å². The number of rotatable bonds is 3. The Bertz CT molecular complexity index is 910. The molecule has 28 heavy (non-hydrogen) atoms. The number of hydrogen-bond acceptors (Lipinski definition) is 2. The van der Waals surface area contributed by atoms with Gasteiger partial charge in [-0.15, -0.1) is 0 Å². The molecule has 1 saturated carbocycles. The monoisotopic (exact) mass is 381 g/mol. The molecule has 0 unspecified atom stereocenters. The molecular formula is C23H31N3O2. The molecule has 1 aliphatic carbocycles. The van der Waals surface area contributed by atoms with Crippen LogP contribution in [0.2, 0.25) is 0 Å². The molecule has 1 aromatic heterocycles. The Morgan fingerprint density at radius 3 is 2.64 bits per heavy atom. The number of benzene rings is 1. The van der Waals surface area contributed by atoms with Gasteiger partial charge in [-0.3, -0.25) is 9.59 Å². The molecule has 0 bridgehead atoms. The largest absolute Gasteiger partial charge is 0.353 e. The Morgan fingerprint density at radius 1 is 1.14 bits per heavy atom. The third-order valence-electron chi connectivity index (χ3n) is 6.64. The van der Waals surface area contributed by atoms with E-state index in [1.54, 1.807) is 0 Å². The second-order valence-electron chi connectivity index (χ2n) is 9.00. The first-order valence-electron chi connectivity index (χ1n) is 10.5. The summed E-state index contributed by atoms with van der Waals surface area (Å²) in [6.45, 7) is 5.28. The first kappa shape index (κ1) is 19.0. The molecule has 2 aromatic rings. The first-order valence-corrected chi connectivity index (χ1v) is 10.5. The number of aryl methyl sites for hydroxylation is 2. The van der Waals surface area contributed by atoms with E-state index in [0.717, 1.165) is 36.6 Å². The van der Waals surface area contributed by atoms with Crippen molar-refractivity contribution in [1.29, 1.82) is 0 Å². The lowest BCUT2D eigenvalue weighted by atomic mass is 9.80. The molecular weight excluding hydrogens is 350 g/mol. The van der Waals surface area contributed by atoms with Crippen molar-refractivity contribution in [3.8, 4) is 0 Å². The van der Waals surface area contributed by atoms with Crippen LogP contribution in [0.4, 0.5) is 0 Å². The molecule has 2 fully saturated rings. The number of carbonyl (C=O) groups is 2. The van der Waals surface area contributed by atoms with E-state index in [-0.39, 0.29) is 11.8 Å². The first-order chi connectivity index (χ1) is 13.4. The number of piperidine rings is 1. The van der Waals surface area contributed by atoms with Gasteiger partial charge in [0, 0.05) is 37.1 Å². The van der Waals surface area contributed by atoms with Gasteiger partial charge in [-0.05, 0) is 57.7 Å². The summed E-state index contributed by atoms with van der Waals surface area (Å²) >= 11 is 0. The maximum Gasteiger partial charge on any atom is 0.270 e. The lowest BCUT2D eigenvalue weighted by Crippen LogP contribution is -2.53. The molecule has 5 nitrogen and oxygen atoms in total.